The first-order valence-corrected chi connectivity index (χ1v) is 9.52. The fraction of sp³-hybridized carbons (Fsp3) is 0.353. The minimum atomic E-state index is -0.480. The van der Waals surface area contributed by atoms with Crippen LogP contribution in [0.5, 0.6) is 0 Å². The average Bonchev–Trinajstić information content (AvgIpc) is 2.99. The van der Waals surface area contributed by atoms with E-state index < -0.39 is 11.2 Å². The van der Waals surface area contributed by atoms with E-state index in [4.69, 9.17) is 16.3 Å². The molecule has 0 aliphatic rings. The van der Waals surface area contributed by atoms with Crippen LogP contribution < -0.4 is 11.2 Å². The summed E-state index contributed by atoms with van der Waals surface area (Å²) < 4.78 is 8.58. The molecule has 3 rings (SSSR count). The number of rotatable bonds is 7. The zero-order valence-corrected chi connectivity index (χ0v) is 16.1. The monoisotopic (exact) mass is 394 g/mol. The van der Waals surface area contributed by atoms with Crippen LogP contribution in [0.3, 0.4) is 0 Å². The molecule has 0 unspecified atom stereocenters. The first kappa shape index (κ1) is 18.8. The van der Waals surface area contributed by atoms with Crippen molar-refractivity contribution >= 4 is 34.5 Å². The Morgan fingerprint density at radius 2 is 2.00 bits per heavy atom. The van der Waals surface area contributed by atoms with Crippen molar-refractivity contribution in [3.63, 3.8) is 0 Å². The van der Waals surface area contributed by atoms with Crippen LogP contribution in [0.15, 0.2) is 39.0 Å². The van der Waals surface area contributed by atoms with E-state index in [1.54, 1.807) is 7.05 Å². The molecule has 2 heterocycles. The van der Waals surface area contributed by atoms with Crippen LogP contribution in [0.2, 0.25) is 5.02 Å². The zero-order chi connectivity index (χ0) is 18.7. The lowest BCUT2D eigenvalue weighted by Gasteiger charge is -2.08. The first-order valence-electron chi connectivity index (χ1n) is 8.15. The molecular weight excluding hydrogens is 376 g/mol. The topological polar surface area (TPSA) is 81.9 Å². The molecule has 138 valence electrons. The first-order chi connectivity index (χ1) is 12.5. The van der Waals surface area contributed by atoms with Gasteiger partial charge in [0, 0.05) is 31.0 Å². The number of imidazole rings is 1. The van der Waals surface area contributed by atoms with Gasteiger partial charge in [-0.3, -0.25) is 14.3 Å². The number of thioether (sulfide) groups is 1. The molecule has 0 atom stereocenters. The van der Waals surface area contributed by atoms with Crippen molar-refractivity contribution in [3.05, 3.63) is 55.7 Å². The van der Waals surface area contributed by atoms with E-state index in [2.05, 4.69) is 9.97 Å². The molecule has 0 amide bonds. The smallest absolute Gasteiger partial charge is 0.329 e. The average molecular weight is 395 g/mol. The van der Waals surface area contributed by atoms with E-state index in [1.165, 1.54) is 16.3 Å². The van der Waals surface area contributed by atoms with Crippen molar-refractivity contribution in [2.75, 3.05) is 13.2 Å². The number of aromatic nitrogens is 4. The van der Waals surface area contributed by atoms with Crippen LogP contribution in [0, 0.1) is 0 Å². The molecule has 1 N–H and O–H groups in total. The van der Waals surface area contributed by atoms with Gasteiger partial charge < -0.3 is 9.30 Å². The number of hydrogen-bond acceptors (Lipinski definition) is 5. The lowest BCUT2D eigenvalue weighted by atomic mass is 10.2. The Hall–Kier alpha value is -2.03. The van der Waals surface area contributed by atoms with Crippen molar-refractivity contribution in [1.82, 2.24) is 19.1 Å². The fourth-order valence-electron chi connectivity index (χ4n) is 2.56. The highest BCUT2D eigenvalue weighted by Gasteiger charge is 2.17. The van der Waals surface area contributed by atoms with E-state index in [-0.39, 0.29) is 0 Å². The Morgan fingerprint density at radius 3 is 2.69 bits per heavy atom. The molecule has 1 aromatic carbocycles. The lowest BCUT2D eigenvalue weighted by molar-refractivity contribution is 0.138. The highest BCUT2D eigenvalue weighted by Crippen LogP contribution is 2.25. The van der Waals surface area contributed by atoms with E-state index in [0.717, 1.165) is 5.56 Å². The molecule has 3 aromatic rings. The van der Waals surface area contributed by atoms with Gasteiger partial charge in [-0.2, -0.15) is 0 Å². The van der Waals surface area contributed by atoms with Crippen LogP contribution in [-0.2, 0) is 24.1 Å². The molecule has 0 spiro atoms. The molecule has 9 heteroatoms. The largest absolute Gasteiger partial charge is 0.380 e. The van der Waals surface area contributed by atoms with Crippen molar-refractivity contribution in [1.29, 1.82) is 0 Å². The van der Waals surface area contributed by atoms with E-state index in [9.17, 15) is 9.59 Å². The maximum atomic E-state index is 12.3. The standard InChI is InChI=1S/C17H19ClN4O3S/c1-3-25-9-8-22-13-14(21(2)16(24)20-15(13)23)19-17(22)26-10-11-4-6-12(18)7-5-11/h4-7H,3,8-10H2,1-2H3,(H,20,23,24). The molecule has 0 bridgehead atoms. The molecule has 0 aliphatic heterocycles. The second-order valence-electron chi connectivity index (χ2n) is 5.65. The van der Waals surface area contributed by atoms with Gasteiger partial charge in [0.15, 0.2) is 16.3 Å². The van der Waals surface area contributed by atoms with Gasteiger partial charge in [-0.15, -0.1) is 0 Å². The fourth-order valence-corrected chi connectivity index (χ4v) is 3.66. The predicted octanol–water partition coefficient (Wildman–Crippen LogP) is 2.41. The second-order valence-corrected chi connectivity index (χ2v) is 7.03. The number of halogens is 1. The van der Waals surface area contributed by atoms with E-state index >= 15 is 0 Å². The molecular formula is C17H19ClN4O3S. The molecule has 26 heavy (non-hydrogen) atoms. The highest BCUT2D eigenvalue weighted by atomic mass is 35.5. The Bertz CT molecular complexity index is 1020. The van der Waals surface area contributed by atoms with Gasteiger partial charge in [0.05, 0.1) is 6.61 Å². The van der Waals surface area contributed by atoms with E-state index in [0.29, 0.717) is 46.9 Å². The summed E-state index contributed by atoms with van der Waals surface area (Å²) in [5.41, 5.74) is 0.918. The summed E-state index contributed by atoms with van der Waals surface area (Å²) in [6, 6.07) is 7.57. The highest BCUT2D eigenvalue weighted by molar-refractivity contribution is 7.98. The number of ether oxygens (including phenoxy) is 1. The molecule has 2 aromatic heterocycles. The summed E-state index contributed by atoms with van der Waals surface area (Å²) in [6.45, 7) is 3.45. The Kier molecular flexibility index (Phi) is 5.85. The minimum Gasteiger partial charge on any atom is -0.380 e. The number of benzene rings is 1. The molecule has 0 saturated heterocycles. The van der Waals surface area contributed by atoms with Crippen LogP contribution in [0.1, 0.15) is 12.5 Å². The number of aryl methyl sites for hydroxylation is 1. The maximum absolute atomic E-state index is 12.3. The second kappa shape index (κ2) is 8.11. The van der Waals surface area contributed by atoms with Gasteiger partial charge in [0.2, 0.25) is 0 Å². The number of nitrogens with zero attached hydrogens (tertiary/aromatic N) is 3. The Morgan fingerprint density at radius 1 is 1.27 bits per heavy atom. The van der Waals surface area contributed by atoms with Gasteiger partial charge in [-0.1, -0.05) is 35.5 Å². The number of H-pyrrole nitrogens is 1. The van der Waals surface area contributed by atoms with Crippen LogP contribution >= 0.6 is 23.4 Å². The molecule has 7 nitrogen and oxygen atoms in total. The third-order valence-corrected chi connectivity index (χ3v) is 5.22. The normalized spacial score (nSPS) is 11.3. The van der Waals surface area contributed by atoms with Crippen molar-refractivity contribution < 1.29 is 4.74 Å². The van der Waals surface area contributed by atoms with E-state index in [1.807, 2.05) is 35.8 Å². The van der Waals surface area contributed by atoms with Crippen LogP contribution in [-0.4, -0.2) is 32.3 Å². The summed E-state index contributed by atoms with van der Waals surface area (Å²) >= 11 is 7.42. The summed E-state index contributed by atoms with van der Waals surface area (Å²) in [6.07, 6.45) is 0. The van der Waals surface area contributed by atoms with Gasteiger partial charge in [-0.25, -0.2) is 9.78 Å². The Balaban J connectivity index is 1.99. The third-order valence-electron chi connectivity index (χ3n) is 3.92. The summed E-state index contributed by atoms with van der Waals surface area (Å²) in [4.78, 5) is 31.1. The number of aromatic amines is 1. The van der Waals surface area contributed by atoms with Crippen molar-refractivity contribution in [2.45, 2.75) is 24.4 Å². The van der Waals surface area contributed by atoms with Gasteiger partial charge in [0.25, 0.3) is 5.56 Å². The lowest BCUT2D eigenvalue weighted by Crippen LogP contribution is -2.29. The maximum Gasteiger partial charge on any atom is 0.329 e. The Labute approximate surface area is 159 Å². The van der Waals surface area contributed by atoms with Crippen molar-refractivity contribution in [2.24, 2.45) is 7.05 Å². The number of fused-ring (bicyclic) bond motifs is 1. The summed E-state index contributed by atoms with van der Waals surface area (Å²) in [5.74, 6) is 0.668. The van der Waals surface area contributed by atoms with Crippen LogP contribution in [0.25, 0.3) is 11.2 Å². The molecule has 0 fully saturated rings. The quantitative estimate of drug-likeness (QED) is 0.491. The van der Waals surface area contributed by atoms with Gasteiger partial charge in [0.1, 0.15) is 0 Å². The van der Waals surface area contributed by atoms with Gasteiger partial charge in [-0.05, 0) is 24.6 Å². The molecule has 0 aliphatic carbocycles. The zero-order valence-electron chi connectivity index (χ0n) is 14.5. The molecule has 0 saturated carbocycles. The number of nitrogens with one attached hydrogen (secondary N) is 1. The summed E-state index contributed by atoms with van der Waals surface area (Å²) in [7, 11) is 1.59. The minimum absolute atomic E-state index is 0.369. The predicted molar refractivity (Wildman–Crippen MR) is 103 cm³/mol. The van der Waals surface area contributed by atoms with Crippen molar-refractivity contribution in [3.8, 4) is 0 Å². The van der Waals surface area contributed by atoms with Crippen LogP contribution in [0.4, 0.5) is 0 Å². The number of hydrogen-bond donors (Lipinski definition) is 1. The SMILES string of the molecule is CCOCCn1c(SCc2ccc(Cl)cc2)nc2c1c(=O)[nH]c(=O)n2C. The summed E-state index contributed by atoms with van der Waals surface area (Å²) in [5, 5.41) is 1.35. The third kappa shape index (κ3) is 3.87. The van der Waals surface area contributed by atoms with Gasteiger partial charge >= 0.3 is 5.69 Å². The molecule has 0 radical (unpaired) electrons.